The van der Waals surface area contributed by atoms with E-state index in [1.165, 1.54) is 16.9 Å². The average molecular weight is 267 g/mol. The average Bonchev–Trinajstić information content (AvgIpc) is 2.70. The summed E-state index contributed by atoms with van der Waals surface area (Å²) in [6.07, 6.45) is 0. The van der Waals surface area contributed by atoms with Crippen LogP contribution >= 0.6 is 22.9 Å². The normalized spacial score (nSPS) is 11.1. The van der Waals surface area contributed by atoms with Crippen molar-refractivity contribution < 1.29 is 0 Å². The minimum absolute atomic E-state index is 0.388. The lowest BCUT2D eigenvalue weighted by atomic mass is 10.0. The van der Waals surface area contributed by atoms with Crippen molar-refractivity contribution in [1.29, 1.82) is 0 Å². The molecular formula is C13H15ClN2S. The second-order valence-corrected chi connectivity index (χ2v) is 5.82. The van der Waals surface area contributed by atoms with E-state index < -0.39 is 0 Å². The van der Waals surface area contributed by atoms with Crippen LogP contribution in [0.3, 0.4) is 0 Å². The van der Waals surface area contributed by atoms with Gasteiger partial charge < -0.3 is 5.73 Å². The number of rotatable bonds is 3. The minimum atomic E-state index is 0.388. The number of benzene rings is 1. The standard InChI is InChI=1S/C13H15ClN2S/c1-8(2)9-3-5-10(6-4-9)13-16-11(7-15)12(14)17-13/h3-6,8H,7,15H2,1-2H3. The summed E-state index contributed by atoms with van der Waals surface area (Å²) in [6, 6.07) is 8.45. The van der Waals surface area contributed by atoms with Crippen molar-refractivity contribution in [2.45, 2.75) is 26.3 Å². The summed E-state index contributed by atoms with van der Waals surface area (Å²) in [5.74, 6) is 0.545. The van der Waals surface area contributed by atoms with Crippen molar-refractivity contribution in [3.05, 3.63) is 39.9 Å². The van der Waals surface area contributed by atoms with E-state index in [2.05, 4.69) is 43.1 Å². The first kappa shape index (κ1) is 12.6. The fraction of sp³-hybridized carbons (Fsp3) is 0.308. The molecule has 0 bridgehead atoms. The molecule has 4 heteroatoms. The Kier molecular flexibility index (Phi) is 3.82. The van der Waals surface area contributed by atoms with E-state index in [1.807, 2.05) is 0 Å². The van der Waals surface area contributed by atoms with Crippen molar-refractivity contribution in [2.75, 3.05) is 0 Å². The fourth-order valence-electron chi connectivity index (χ4n) is 1.59. The molecule has 0 aliphatic rings. The van der Waals surface area contributed by atoms with E-state index in [0.29, 0.717) is 16.8 Å². The zero-order chi connectivity index (χ0) is 12.4. The Labute approximate surface area is 110 Å². The highest BCUT2D eigenvalue weighted by atomic mass is 35.5. The van der Waals surface area contributed by atoms with Gasteiger partial charge >= 0.3 is 0 Å². The molecule has 0 radical (unpaired) electrons. The highest BCUT2D eigenvalue weighted by Gasteiger charge is 2.09. The minimum Gasteiger partial charge on any atom is -0.325 e. The Morgan fingerprint density at radius 2 is 1.94 bits per heavy atom. The molecule has 90 valence electrons. The SMILES string of the molecule is CC(C)c1ccc(-c2nc(CN)c(Cl)s2)cc1. The molecule has 0 fully saturated rings. The molecule has 0 atom stereocenters. The van der Waals surface area contributed by atoms with E-state index in [4.69, 9.17) is 17.3 Å². The molecular weight excluding hydrogens is 252 g/mol. The van der Waals surface area contributed by atoms with Gasteiger partial charge in [0.15, 0.2) is 0 Å². The largest absolute Gasteiger partial charge is 0.325 e. The summed E-state index contributed by atoms with van der Waals surface area (Å²) in [5.41, 5.74) is 8.77. The van der Waals surface area contributed by atoms with E-state index in [-0.39, 0.29) is 0 Å². The Balaban J connectivity index is 2.33. The number of aromatic nitrogens is 1. The molecule has 0 aliphatic carbocycles. The number of thiazole rings is 1. The molecule has 17 heavy (non-hydrogen) atoms. The van der Waals surface area contributed by atoms with Crippen LogP contribution in [0.5, 0.6) is 0 Å². The maximum atomic E-state index is 6.05. The maximum Gasteiger partial charge on any atom is 0.125 e. The molecule has 0 saturated heterocycles. The molecule has 0 amide bonds. The van der Waals surface area contributed by atoms with Crippen molar-refractivity contribution in [2.24, 2.45) is 5.73 Å². The monoisotopic (exact) mass is 266 g/mol. The number of nitrogens with zero attached hydrogens (tertiary/aromatic N) is 1. The third-order valence-corrected chi connectivity index (χ3v) is 4.05. The van der Waals surface area contributed by atoms with Gasteiger partial charge in [-0.05, 0) is 11.5 Å². The third-order valence-electron chi connectivity index (χ3n) is 2.67. The zero-order valence-corrected chi connectivity index (χ0v) is 11.5. The zero-order valence-electron chi connectivity index (χ0n) is 9.90. The highest BCUT2D eigenvalue weighted by Crippen LogP contribution is 2.32. The molecule has 2 N–H and O–H groups in total. The predicted octanol–water partition coefficient (Wildman–Crippen LogP) is 4.05. The Morgan fingerprint density at radius 3 is 2.41 bits per heavy atom. The van der Waals surface area contributed by atoms with Crippen LogP contribution in [-0.2, 0) is 6.54 Å². The molecule has 0 saturated carbocycles. The van der Waals surface area contributed by atoms with E-state index in [9.17, 15) is 0 Å². The number of halogens is 1. The quantitative estimate of drug-likeness (QED) is 0.910. The van der Waals surface area contributed by atoms with E-state index in [1.54, 1.807) is 0 Å². The predicted molar refractivity (Wildman–Crippen MR) is 74.5 cm³/mol. The number of nitrogens with two attached hydrogens (primary N) is 1. The maximum absolute atomic E-state index is 6.05. The van der Waals surface area contributed by atoms with Crippen LogP contribution in [-0.4, -0.2) is 4.98 Å². The first-order chi connectivity index (χ1) is 8.11. The van der Waals surface area contributed by atoms with Gasteiger partial charge in [0, 0.05) is 12.1 Å². The van der Waals surface area contributed by atoms with Crippen LogP contribution in [0.1, 0.15) is 31.0 Å². The first-order valence-corrected chi connectivity index (χ1v) is 6.77. The van der Waals surface area contributed by atoms with Crippen molar-refractivity contribution in [1.82, 2.24) is 4.98 Å². The highest BCUT2D eigenvalue weighted by molar-refractivity contribution is 7.19. The van der Waals surface area contributed by atoms with Gasteiger partial charge in [-0.2, -0.15) is 0 Å². The Bertz CT molecular complexity index is 503. The molecule has 0 aliphatic heterocycles. The summed E-state index contributed by atoms with van der Waals surface area (Å²) in [4.78, 5) is 4.43. The summed E-state index contributed by atoms with van der Waals surface area (Å²) >= 11 is 7.53. The second kappa shape index (κ2) is 5.17. The van der Waals surface area contributed by atoms with E-state index in [0.717, 1.165) is 16.3 Å². The molecule has 1 aromatic heterocycles. The molecule has 1 aromatic carbocycles. The van der Waals surface area contributed by atoms with Gasteiger partial charge in [0.25, 0.3) is 0 Å². The lowest BCUT2D eigenvalue weighted by Crippen LogP contribution is -1.96. The summed E-state index contributed by atoms with van der Waals surface area (Å²) in [5, 5.41) is 0.936. The van der Waals surface area contributed by atoms with Crippen LogP contribution in [0.4, 0.5) is 0 Å². The lowest BCUT2D eigenvalue weighted by Gasteiger charge is -2.05. The van der Waals surface area contributed by atoms with Crippen LogP contribution in [0.2, 0.25) is 4.34 Å². The first-order valence-electron chi connectivity index (χ1n) is 5.57. The molecule has 0 spiro atoms. The van der Waals surface area contributed by atoms with E-state index >= 15 is 0 Å². The van der Waals surface area contributed by atoms with Crippen molar-refractivity contribution in [3.63, 3.8) is 0 Å². The van der Waals surface area contributed by atoms with Gasteiger partial charge in [-0.1, -0.05) is 49.7 Å². The van der Waals surface area contributed by atoms with Gasteiger partial charge in [-0.25, -0.2) is 4.98 Å². The van der Waals surface area contributed by atoms with Crippen LogP contribution in [0, 0.1) is 0 Å². The molecule has 2 aromatic rings. The molecule has 2 nitrogen and oxygen atoms in total. The second-order valence-electron chi connectivity index (χ2n) is 4.22. The molecule has 0 unspecified atom stereocenters. The fourth-order valence-corrected chi connectivity index (χ4v) is 2.76. The smallest absolute Gasteiger partial charge is 0.125 e. The van der Waals surface area contributed by atoms with Crippen molar-refractivity contribution in [3.8, 4) is 10.6 Å². The topological polar surface area (TPSA) is 38.9 Å². The van der Waals surface area contributed by atoms with Gasteiger partial charge in [0.2, 0.25) is 0 Å². The lowest BCUT2D eigenvalue weighted by molar-refractivity contribution is 0.867. The van der Waals surface area contributed by atoms with Gasteiger partial charge in [-0.3, -0.25) is 0 Å². The summed E-state index contributed by atoms with van der Waals surface area (Å²) in [6.45, 7) is 4.75. The molecule has 2 rings (SSSR count). The van der Waals surface area contributed by atoms with Crippen LogP contribution in [0.15, 0.2) is 24.3 Å². The van der Waals surface area contributed by atoms with Crippen molar-refractivity contribution >= 4 is 22.9 Å². The third kappa shape index (κ3) is 2.68. The Morgan fingerprint density at radius 1 is 1.29 bits per heavy atom. The summed E-state index contributed by atoms with van der Waals surface area (Å²) in [7, 11) is 0. The molecule has 1 heterocycles. The Hall–Kier alpha value is -0.900. The van der Waals surface area contributed by atoms with Gasteiger partial charge in [-0.15, -0.1) is 11.3 Å². The van der Waals surface area contributed by atoms with Gasteiger partial charge in [0.1, 0.15) is 9.34 Å². The van der Waals surface area contributed by atoms with Gasteiger partial charge in [0.05, 0.1) is 5.69 Å². The summed E-state index contributed by atoms with van der Waals surface area (Å²) < 4.78 is 0.690. The number of hydrogen-bond donors (Lipinski definition) is 1. The van der Waals surface area contributed by atoms with Crippen LogP contribution in [0.25, 0.3) is 10.6 Å². The van der Waals surface area contributed by atoms with Crippen LogP contribution < -0.4 is 5.73 Å². The number of hydrogen-bond acceptors (Lipinski definition) is 3.